The van der Waals surface area contributed by atoms with Crippen LogP contribution >= 0.6 is 0 Å². The summed E-state index contributed by atoms with van der Waals surface area (Å²) in [6.45, 7) is 3.19. The summed E-state index contributed by atoms with van der Waals surface area (Å²) in [6.07, 6.45) is 3.96. The molecule has 1 heterocycles. The first-order valence-electron chi connectivity index (χ1n) is 10.2. The van der Waals surface area contributed by atoms with Crippen LogP contribution < -0.4 is 4.74 Å². The van der Waals surface area contributed by atoms with E-state index >= 15 is 0 Å². The van der Waals surface area contributed by atoms with Crippen molar-refractivity contribution in [3.63, 3.8) is 0 Å². The fraction of sp³-hybridized carbons (Fsp3) is 0.154. The smallest absolute Gasteiger partial charge is 0.337 e. The molecule has 5 nitrogen and oxygen atoms in total. The van der Waals surface area contributed by atoms with Gasteiger partial charge in [0.25, 0.3) is 0 Å². The molecule has 0 saturated carbocycles. The molecule has 3 aromatic carbocycles. The van der Waals surface area contributed by atoms with Gasteiger partial charge in [-0.25, -0.2) is 4.79 Å². The number of aliphatic imine (C=N–C) groups is 1. The van der Waals surface area contributed by atoms with Crippen molar-refractivity contribution >= 4 is 28.8 Å². The van der Waals surface area contributed by atoms with Crippen LogP contribution in [0.4, 0.5) is 5.69 Å². The number of methoxy groups -OCH3 is 1. The number of nitrogens with zero attached hydrogens (tertiary/aromatic N) is 2. The third kappa shape index (κ3) is 4.51. The van der Waals surface area contributed by atoms with Crippen LogP contribution in [0.25, 0.3) is 10.9 Å². The van der Waals surface area contributed by atoms with Crippen LogP contribution in [0.1, 0.15) is 28.4 Å². The number of hydrogen-bond acceptors (Lipinski definition) is 4. The summed E-state index contributed by atoms with van der Waals surface area (Å²) in [5, 5.41) is 1.12. The van der Waals surface area contributed by atoms with E-state index in [1.165, 1.54) is 7.11 Å². The Balaban J connectivity index is 1.68. The highest BCUT2D eigenvalue weighted by atomic mass is 16.5. The molecule has 0 unspecified atom stereocenters. The number of fused-ring (bicyclic) bond motifs is 1. The van der Waals surface area contributed by atoms with Gasteiger partial charge in [0.05, 0.1) is 19.3 Å². The highest BCUT2D eigenvalue weighted by Gasteiger charge is 2.10. The topological polar surface area (TPSA) is 52.8 Å². The average Bonchev–Trinajstić information content (AvgIpc) is 3.16. The van der Waals surface area contributed by atoms with Gasteiger partial charge in [-0.15, -0.1) is 0 Å². The third-order valence-corrected chi connectivity index (χ3v) is 5.03. The second kappa shape index (κ2) is 9.30. The van der Waals surface area contributed by atoms with Crippen molar-refractivity contribution in [2.75, 3.05) is 13.7 Å². The quantitative estimate of drug-likeness (QED) is 0.292. The number of rotatable bonds is 7. The minimum absolute atomic E-state index is 0.333. The summed E-state index contributed by atoms with van der Waals surface area (Å²) < 4.78 is 12.7. The van der Waals surface area contributed by atoms with E-state index in [0.717, 1.165) is 33.5 Å². The Labute approximate surface area is 181 Å². The number of carbonyl (C=O) groups is 1. The standard InChI is InChI=1S/C26H24N2O3/c1-3-31-25-14-7-5-12-23(25)27-16-21-18-28(24-13-6-4-11-22(21)24)17-19-9-8-10-20(15-19)26(29)30-2/h4-16,18H,3,17H2,1-2H3. The van der Waals surface area contributed by atoms with Crippen LogP contribution in [0, 0.1) is 0 Å². The van der Waals surface area contributed by atoms with Gasteiger partial charge in [-0.05, 0) is 42.8 Å². The molecule has 0 saturated heterocycles. The molecule has 0 aliphatic heterocycles. The minimum Gasteiger partial charge on any atom is -0.492 e. The molecule has 0 spiro atoms. The Hall–Kier alpha value is -3.86. The molecule has 0 aliphatic rings. The van der Waals surface area contributed by atoms with Crippen LogP contribution in [-0.2, 0) is 11.3 Å². The number of aromatic nitrogens is 1. The molecule has 1 aromatic heterocycles. The SMILES string of the molecule is CCOc1ccccc1N=Cc1cn(Cc2cccc(C(=O)OC)c2)c2ccccc12. The normalized spacial score (nSPS) is 11.2. The van der Waals surface area contributed by atoms with E-state index in [9.17, 15) is 4.79 Å². The molecule has 0 bridgehead atoms. The maximum absolute atomic E-state index is 11.9. The first-order chi connectivity index (χ1) is 15.2. The largest absolute Gasteiger partial charge is 0.492 e. The fourth-order valence-corrected chi connectivity index (χ4v) is 3.60. The summed E-state index contributed by atoms with van der Waals surface area (Å²) in [6, 6.07) is 23.5. The number of ether oxygens (including phenoxy) is 2. The number of benzene rings is 3. The number of carbonyl (C=O) groups excluding carboxylic acids is 1. The molecular formula is C26H24N2O3. The van der Waals surface area contributed by atoms with E-state index in [1.807, 2.05) is 67.7 Å². The van der Waals surface area contributed by atoms with Crippen LogP contribution in [0.3, 0.4) is 0 Å². The fourth-order valence-electron chi connectivity index (χ4n) is 3.60. The number of para-hydroxylation sites is 3. The van der Waals surface area contributed by atoms with Crippen molar-refractivity contribution in [3.05, 3.63) is 95.7 Å². The van der Waals surface area contributed by atoms with E-state index in [1.54, 1.807) is 6.07 Å². The van der Waals surface area contributed by atoms with Crippen molar-refractivity contribution in [1.82, 2.24) is 4.57 Å². The minimum atomic E-state index is -0.333. The lowest BCUT2D eigenvalue weighted by Crippen LogP contribution is -2.03. The number of esters is 1. The van der Waals surface area contributed by atoms with Gasteiger partial charge in [-0.3, -0.25) is 4.99 Å². The monoisotopic (exact) mass is 412 g/mol. The summed E-state index contributed by atoms with van der Waals surface area (Å²) in [5.74, 6) is 0.435. The lowest BCUT2D eigenvalue weighted by atomic mass is 10.1. The lowest BCUT2D eigenvalue weighted by Gasteiger charge is -2.07. The molecule has 31 heavy (non-hydrogen) atoms. The van der Waals surface area contributed by atoms with Gasteiger partial charge in [0.2, 0.25) is 0 Å². The third-order valence-electron chi connectivity index (χ3n) is 5.03. The van der Waals surface area contributed by atoms with Gasteiger partial charge in [0.1, 0.15) is 11.4 Å². The molecular weight excluding hydrogens is 388 g/mol. The Morgan fingerprint density at radius 3 is 2.68 bits per heavy atom. The van der Waals surface area contributed by atoms with Crippen molar-refractivity contribution in [3.8, 4) is 5.75 Å². The van der Waals surface area contributed by atoms with Crippen molar-refractivity contribution < 1.29 is 14.3 Å². The van der Waals surface area contributed by atoms with Crippen molar-refractivity contribution in [2.45, 2.75) is 13.5 Å². The Morgan fingerprint density at radius 2 is 1.84 bits per heavy atom. The van der Waals surface area contributed by atoms with Crippen LogP contribution in [0.2, 0.25) is 0 Å². The summed E-state index contributed by atoms with van der Waals surface area (Å²) in [4.78, 5) is 16.6. The first kappa shape index (κ1) is 20.4. The van der Waals surface area contributed by atoms with Gasteiger partial charge in [0, 0.05) is 35.4 Å². The first-order valence-corrected chi connectivity index (χ1v) is 10.2. The zero-order valence-corrected chi connectivity index (χ0v) is 17.6. The second-order valence-electron chi connectivity index (χ2n) is 7.08. The van der Waals surface area contributed by atoms with E-state index in [0.29, 0.717) is 18.7 Å². The van der Waals surface area contributed by atoms with E-state index in [-0.39, 0.29) is 5.97 Å². The van der Waals surface area contributed by atoms with Crippen LogP contribution in [0.5, 0.6) is 5.75 Å². The van der Waals surface area contributed by atoms with Gasteiger partial charge >= 0.3 is 5.97 Å². The molecule has 5 heteroatoms. The molecule has 0 N–H and O–H groups in total. The number of hydrogen-bond donors (Lipinski definition) is 0. The van der Waals surface area contributed by atoms with Crippen LogP contribution in [-0.4, -0.2) is 30.5 Å². The Kier molecular flexibility index (Phi) is 6.13. The summed E-state index contributed by atoms with van der Waals surface area (Å²) >= 11 is 0. The Morgan fingerprint density at radius 1 is 1.03 bits per heavy atom. The second-order valence-corrected chi connectivity index (χ2v) is 7.08. The molecule has 156 valence electrons. The molecule has 4 rings (SSSR count). The van der Waals surface area contributed by atoms with Gasteiger partial charge in [0.15, 0.2) is 0 Å². The van der Waals surface area contributed by atoms with Crippen LogP contribution in [0.15, 0.2) is 84.0 Å². The molecule has 0 amide bonds. The van der Waals surface area contributed by atoms with Gasteiger partial charge in [-0.1, -0.05) is 42.5 Å². The predicted octanol–water partition coefficient (Wildman–Crippen LogP) is 5.63. The predicted molar refractivity (Wildman–Crippen MR) is 124 cm³/mol. The Bertz CT molecular complexity index is 1240. The average molecular weight is 412 g/mol. The molecule has 0 fully saturated rings. The maximum Gasteiger partial charge on any atom is 0.337 e. The van der Waals surface area contributed by atoms with E-state index in [4.69, 9.17) is 9.47 Å². The molecule has 0 radical (unpaired) electrons. The molecule has 0 aliphatic carbocycles. The summed E-state index contributed by atoms with van der Waals surface area (Å²) in [7, 11) is 1.39. The molecule has 4 aromatic rings. The highest BCUT2D eigenvalue weighted by molar-refractivity contribution is 6.00. The highest BCUT2D eigenvalue weighted by Crippen LogP contribution is 2.28. The van der Waals surface area contributed by atoms with Gasteiger partial charge in [-0.2, -0.15) is 0 Å². The zero-order valence-electron chi connectivity index (χ0n) is 17.6. The van der Waals surface area contributed by atoms with Crippen molar-refractivity contribution in [1.29, 1.82) is 0 Å². The van der Waals surface area contributed by atoms with E-state index < -0.39 is 0 Å². The van der Waals surface area contributed by atoms with E-state index in [2.05, 4.69) is 27.9 Å². The molecule has 0 atom stereocenters. The lowest BCUT2D eigenvalue weighted by molar-refractivity contribution is 0.0600. The van der Waals surface area contributed by atoms with Gasteiger partial charge < -0.3 is 14.0 Å². The zero-order chi connectivity index (χ0) is 21.6. The van der Waals surface area contributed by atoms with Crippen molar-refractivity contribution in [2.24, 2.45) is 4.99 Å². The summed E-state index contributed by atoms with van der Waals surface area (Å²) in [5.41, 5.74) is 4.49. The maximum atomic E-state index is 11.9.